The van der Waals surface area contributed by atoms with E-state index in [2.05, 4.69) is 4.72 Å². The summed E-state index contributed by atoms with van der Waals surface area (Å²) >= 11 is 0. The second-order valence-corrected chi connectivity index (χ2v) is 13.6. The molecule has 0 aliphatic rings. The molecule has 5 rings (SSSR count). The van der Waals surface area contributed by atoms with E-state index in [9.17, 15) is 17.8 Å². The molecule has 0 fully saturated rings. The van der Waals surface area contributed by atoms with Crippen LogP contribution in [-0.2, 0) is 14.6 Å². The van der Waals surface area contributed by atoms with E-state index in [0.29, 0.717) is 15.9 Å². The Hall–Kier alpha value is -4.45. The summed E-state index contributed by atoms with van der Waals surface area (Å²) < 4.78 is 48.9. The predicted molar refractivity (Wildman–Crippen MR) is 159 cm³/mol. The first-order valence-corrected chi connectivity index (χ1v) is 15.7. The maximum Gasteiger partial charge on any atom is 0.343 e. The second-order valence-electron chi connectivity index (χ2n) is 9.14. The van der Waals surface area contributed by atoms with Gasteiger partial charge in [0.1, 0.15) is 5.75 Å². The van der Waals surface area contributed by atoms with Gasteiger partial charge in [-0.2, -0.15) is 0 Å². The van der Waals surface area contributed by atoms with Gasteiger partial charge in [-0.25, -0.2) is 13.2 Å². The normalized spacial score (nSPS) is 11.5. The van der Waals surface area contributed by atoms with Crippen molar-refractivity contribution in [3.63, 3.8) is 0 Å². The molecule has 0 bridgehead atoms. The highest BCUT2D eigenvalue weighted by molar-refractivity contribution is 7.92. The van der Waals surface area contributed by atoms with Crippen LogP contribution in [0, 0.1) is 6.92 Å². The van der Waals surface area contributed by atoms with Gasteiger partial charge in [0.2, 0.25) is 0 Å². The van der Waals surface area contributed by atoms with Crippen LogP contribution in [0.4, 0.5) is 5.69 Å². The van der Waals surface area contributed by atoms with Crippen LogP contribution < -0.4 is 25.4 Å². The molecule has 0 aliphatic heterocycles. The molecule has 0 atom stereocenters. The highest BCUT2D eigenvalue weighted by atomic mass is 32.2. The van der Waals surface area contributed by atoms with Crippen molar-refractivity contribution in [2.45, 2.75) is 11.8 Å². The van der Waals surface area contributed by atoms with Crippen molar-refractivity contribution in [2.24, 2.45) is 0 Å². The number of carbonyl (C=O) groups excluding carboxylic acids is 1. The molecule has 0 saturated carbocycles. The summed E-state index contributed by atoms with van der Waals surface area (Å²) in [5, 5.41) is 1.60. The number of nitrogens with one attached hydrogen (secondary N) is 1. The van der Waals surface area contributed by atoms with Crippen molar-refractivity contribution in [1.29, 1.82) is 0 Å². The third kappa shape index (κ3) is 5.62. The lowest BCUT2D eigenvalue weighted by atomic mass is 10.2. The van der Waals surface area contributed by atoms with E-state index in [1.807, 2.05) is 43.3 Å². The molecule has 1 N–H and O–H groups in total. The maximum absolute atomic E-state index is 14.9. The number of anilines is 1. The molecule has 0 spiro atoms. The second kappa shape index (κ2) is 11.3. The van der Waals surface area contributed by atoms with E-state index in [0.717, 1.165) is 5.56 Å². The zero-order chi connectivity index (χ0) is 28.2. The molecular formula is C32H26NO5PS. The quantitative estimate of drug-likeness (QED) is 0.149. The molecule has 0 aromatic heterocycles. The van der Waals surface area contributed by atoms with Crippen molar-refractivity contribution in [2.75, 3.05) is 4.72 Å². The topological polar surface area (TPSA) is 89.5 Å². The Balaban J connectivity index is 1.47. The predicted octanol–water partition coefficient (Wildman–Crippen LogP) is 5.65. The number of hydrogen-bond acceptors (Lipinski definition) is 5. The summed E-state index contributed by atoms with van der Waals surface area (Å²) in [6.45, 7) is 1.87. The molecule has 5 aromatic carbocycles. The molecule has 0 amide bonds. The van der Waals surface area contributed by atoms with Gasteiger partial charge in [0.15, 0.2) is 7.14 Å². The summed E-state index contributed by atoms with van der Waals surface area (Å²) in [6.07, 6.45) is 0. The highest BCUT2D eigenvalue weighted by Gasteiger charge is 2.33. The van der Waals surface area contributed by atoms with Gasteiger partial charge in [-0.3, -0.25) is 4.72 Å². The number of carbonyl (C=O) groups is 1. The summed E-state index contributed by atoms with van der Waals surface area (Å²) in [6, 6.07) is 37.5. The Morgan fingerprint density at radius 2 is 1.27 bits per heavy atom. The van der Waals surface area contributed by atoms with Crippen molar-refractivity contribution < 1.29 is 22.5 Å². The fourth-order valence-corrected chi connectivity index (χ4v) is 8.12. The lowest BCUT2D eigenvalue weighted by Crippen LogP contribution is -2.27. The van der Waals surface area contributed by atoms with Crippen LogP contribution in [-0.4, -0.2) is 14.4 Å². The Morgan fingerprint density at radius 1 is 0.700 bits per heavy atom. The van der Waals surface area contributed by atoms with Crippen LogP contribution >= 0.6 is 7.14 Å². The van der Waals surface area contributed by atoms with Crippen LogP contribution in [0.15, 0.2) is 138 Å². The molecule has 8 heteroatoms. The van der Waals surface area contributed by atoms with Crippen LogP contribution in [0.2, 0.25) is 0 Å². The number of esters is 1. The monoisotopic (exact) mass is 567 g/mol. The molecule has 5 aromatic rings. The molecule has 0 heterocycles. The van der Waals surface area contributed by atoms with Gasteiger partial charge >= 0.3 is 5.97 Å². The molecule has 0 saturated heterocycles. The highest BCUT2D eigenvalue weighted by Crippen LogP contribution is 2.45. The first-order chi connectivity index (χ1) is 19.3. The largest absolute Gasteiger partial charge is 0.422 e. The maximum atomic E-state index is 14.9. The summed E-state index contributed by atoms with van der Waals surface area (Å²) in [5.74, 6) is -0.550. The van der Waals surface area contributed by atoms with Crippen LogP contribution in [0.1, 0.15) is 15.9 Å². The molecule has 6 nitrogen and oxygen atoms in total. The minimum atomic E-state index is -3.86. The zero-order valence-electron chi connectivity index (χ0n) is 21.6. The van der Waals surface area contributed by atoms with E-state index in [1.165, 1.54) is 24.3 Å². The van der Waals surface area contributed by atoms with Gasteiger partial charge < -0.3 is 9.30 Å². The van der Waals surface area contributed by atoms with Gasteiger partial charge in [-0.1, -0.05) is 96.6 Å². The fraction of sp³-hybridized carbons (Fsp3) is 0.0312. The van der Waals surface area contributed by atoms with Crippen molar-refractivity contribution in [3.05, 3.63) is 145 Å². The van der Waals surface area contributed by atoms with Crippen molar-refractivity contribution >= 4 is 44.7 Å². The Labute approximate surface area is 233 Å². The molecule has 200 valence electrons. The standard InChI is InChI=1S/C32H26NO5PS/c1-24-19-21-29(22-20-24)40(36,37)33-26-12-10-11-25(23-26)32(34)38-30-17-8-9-18-31(30)39(35,27-13-4-2-5-14-27)28-15-6-3-7-16-28/h2-23,33H,1H3. The van der Waals surface area contributed by atoms with Crippen LogP contribution in [0.3, 0.4) is 0 Å². The Bertz CT molecular complexity index is 1760. The lowest BCUT2D eigenvalue weighted by Gasteiger charge is -2.22. The average molecular weight is 568 g/mol. The first-order valence-electron chi connectivity index (χ1n) is 12.5. The van der Waals surface area contributed by atoms with Crippen LogP contribution in [0.5, 0.6) is 5.75 Å². The fourth-order valence-electron chi connectivity index (χ4n) is 4.31. The smallest absolute Gasteiger partial charge is 0.343 e. The molecular weight excluding hydrogens is 541 g/mol. The van der Waals surface area contributed by atoms with E-state index in [-0.39, 0.29) is 21.9 Å². The Morgan fingerprint density at radius 3 is 1.90 bits per heavy atom. The van der Waals surface area contributed by atoms with Gasteiger partial charge in [-0.05, 0) is 49.4 Å². The van der Waals surface area contributed by atoms with E-state index < -0.39 is 23.1 Å². The lowest BCUT2D eigenvalue weighted by molar-refractivity contribution is 0.0736. The summed E-state index contributed by atoms with van der Waals surface area (Å²) in [7, 11) is -7.26. The van der Waals surface area contributed by atoms with Gasteiger partial charge in [0.05, 0.1) is 15.8 Å². The SMILES string of the molecule is Cc1ccc(S(=O)(=O)Nc2cccc(C(=O)Oc3ccccc3P(=O)(c3ccccc3)c3ccccc3)c2)cc1. The number of ether oxygens (including phenoxy) is 1. The number of sulfonamides is 1. The van der Waals surface area contributed by atoms with Gasteiger partial charge in [0, 0.05) is 16.3 Å². The van der Waals surface area contributed by atoms with Gasteiger partial charge in [-0.15, -0.1) is 0 Å². The number of benzene rings is 5. The van der Waals surface area contributed by atoms with E-state index in [4.69, 9.17) is 4.74 Å². The average Bonchev–Trinajstić information content (AvgIpc) is 2.98. The Kier molecular flexibility index (Phi) is 7.69. The third-order valence-electron chi connectivity index (χ3n) is 6.33. The molecule has 0 unspecified atom stereocenters. The number of hydrogen-bond donors (Lipinski definition) is 1. The minimum absolute atomic E-state index is 0.109. The molecule has 40 heavy (non-hydrogen) atoms. The van der Waals surface area contributed by atoms with Gasteiger partial charge in [0.25, 0.3) is 10.0 Å². The van der Waals surface area contributed by atoms with Crippen LogP contribution in [0.25, 0.3) is 0 Å². The zero-order valence-corrected chi connectivity index (χ0v) is 23.3. The summed E-state index contributed by atoms with van der Waals surface area (Å²) in [4.78, 5) is 13.4. The minimum Gasteiger partial charge on any atom is -0.422 e. The van der Waals surface area contributed by atoms with E-state index >= 15 is 0 Å². The molecule has 0 radical (unpaired) electrons. The third-order valence-corrected chi connectivity index (χ3v) is 10.8. The summed E-state index contributed by atoms with van der Waals surface area (Å²) in [5.41, 5.74) is 1.28. The van der Waals surface area contributed by atoms with Crippen molar-refractivity contribution in [3.8, 4) is 5.75 Å². The molecule has 0 aliphatic carbocycles. The number of para-hydroxylation sites is 1. The van der Waals surface area contributed by atoms with E-state index in [1.54, 1.807) is 72.8 Å². The number of aryl methyl sites for hydroxylation is 1. The first kappa shape index (κ1) is 27.1. The number of rotatable bonds is 8. The van der Waals surface area contributed by atoms with Crippen molar-refractivity contribution in [1.82, 2.24) is 0 Å².